The molecule has 10 heteroatoms. The molecule has 0 unspecified atom stereocenters. The van der Waals surface area contributed by atoms with Crippen LogP contribution in [0.25, 0.3) is 0 Å². The van der Waals surface area contributed by atoms with E-state index in [1.165, 1.54) is 13.2 Å². The fourth-order valence-electron chi connectivity index (χ4n) is 2.26. The molecule has 0 bridgehead atoms. The summed E-state index contributed by atoms with van der Waals surface area (Å²) in [6.45, 7) is 0. The SMILES string of the molecule is COc1ccc(Nc2ncnc(Nc3ccc(F)c(F)c3)c2[N+](=O)[O-])cc1. The molecule has 0 aliphatic rings. The molecule has 0 amide bonds. The lowest BCUT2D eigenvalue weighted by Gasteiger charge is -2.10. The zero-order valence-electron chi connectivity index (χ0n) is 13.9. The maximum atomic E-state index is 13.4. The maximum Gasteiger partial charge on any atom is 0.353 e. The van der Waals surface area contributed by atoms with Gasteiger partial charge in [0.05, 0.1) is 12.0 Å². The Morgan fingerprint density at radius 1 is 0.963 bits per heavy atom. The summed E-state index contributed by atoms with van der Waals surface area (Å²) >= 11 is 0. The lowest BCUT2D eigenvalue weighted by molar-refractivity contribution is -0.383. The average molecular weight is 373 g/mol. The number of hydrogen-bond donors (Lipinski definition) is 2. The van der Waals surface area contributed by atoms with E-state index in [0.717, 1.165) is 18.5 Å². The van der Waals surface area contributed by atoms with E-state index < -0.39 is 22.2 Å². The number of hydrogen-bond acceptors (Lipinski definition) is 7. The molecule has 27 heavy (non-hydrogen) atoms. The van der Waals surface area contributed by atoms with Crippen molar-refractivity contribution in [3.05, 3.63) is 70.5 Å². The average Bonchev–Trinajstić information content (AvgIpc) is 2.65. The monoisotopic (exact) mass is 373 g/mol. The molecule has 2 aromatic carbocycles. The van der Waals surface area contributed by atoms with Crippen LogP contribution < -0.4 is 15.4 Å². The Balaban J connectivity index is 1.94. The Labute approximate surface area is 152 Å². The van der Waals surface area contributed by atoms with Crippen LogP contribution in [0.3, 0.4) is 0 Å². The molecule has 0 spiro atoms. The summed E-state index contributed by atoms with van der Waals surface area (Å²) in [5.41, 5.74) is 0.195. The number of methoxy groups -OCH3 is 1. The van der Waals surface area contributed by atoms with E-state index in [2.05, 4.69) is 20.6 Å². The first-order valence-corrected chi connectivity index (χ1v) is 7.60. The molecule has 3 aromatic rings. The lowest BCUT2D eigenvalue weighted by atomic mass is 10.3. The molecule has 0 saturated carbocycles. The zero-order valence-corrected chi connectivity index (χ0v) is 13.9. The van der Waals surface area contributed by atoms with Gasteiger partial charge < -0.3 is 15.4 Å². The van der Waals surface area contributed by atoms with Crippen molar-refractivity contribution in [3.8, 4) is 5.75 Å². The van der Waals surface area contributed by atoms with Crippen molar-refractivity contribution in [1.82, 2.24) is 9.97 Å². The first kappa shape index (κ1) is 18.0. The summed E-state index contributed by atoms with van der Waals surface area (Å²) in [6.07, 6.45) is 1.11. The van der Waals surface area contributed by atoms with Gasteiger partial charge in [0.15, 0.2) is 11.6 Å². The number of aromatic nitrogens is 2. The van der Waals surface area contributed by atoms with Crippen LogP contribution in [0.15, 0.2) is 48.8 Å². The number of benzene rings is 2. The van der Waals surface area contributed by atoms with E-state index in [9.17, 15) is 18.9 Å². The van der Waals surface area contributed by atoms with Crippen molar-refractivity contribution in [2.75, 3.05) is 17.7 Å². The van der Waals surface area contributed by atoms with Crippen molar-refractivity contribution in [3.63, 3.8) is 0 Å². The van der Waals surface area contributed by atoms with Crippen molar-refractivity contribution in [2.45, 2.75) is 0 Å². The largest absolute Gasteiger partial charge is 0.497 e. The Bertz CT molecular complexity index is 983. The highest BCUT2D eigenvalue weighted by Crippen LogP contribution is 2.33. The summed E-state index contributed by atoms with van der Waals surface area (Å²) in [6, 6.07) is 9.69. The van der Waals surface area contributed by atoms with Crippen LogP contribution in [-0.4, -0.2) is 22.0 Å². The van der Waals surface area contributed by atoms with Crippen molar-refractivity contribution < 1.29 is 18.4 Å². The molecule has 0 radical (unpaired) electrons. The Kier molecular flexibility index (Phi) is 5.06. The predicted octanol–water partition coefficient (Wildman–Crippen LogP) is 4.16. The maximum absolute atomic E-state index is 13.4. The van der Waals surface area contributed by atoms with Gasteiger partial charge in [0.25, 0.3) is 0 Å². The first-order valence-electron chi connectivity index (χ1n) is 7.60. The first-order chi connectivity index (χ1) is 13.0. The summed E-state index contributed by atoms with van der Waals surface area (Å²) in [5.74, 6) is -1.73. The summed E-state index contributed by atoms with van der Waals surface area (Å²) < 4.78 is 31.5. The Morgan fingerprint density at radius 2 is 1.56 bits per heavy atom. The minimum Gasteiger partial charge on any atom is -0.497 e. The fraction of sp³-hybridized carbons (Fsp3) is 0.0588. The highest BCUT2D eigenvalue weighted by Gasteiger charge is 2.23. The van der Waals surface area contributed by atoms with Gasteiger partial charge in [-0.05, 0) is 36.4 Å². The van der Waals surface area contributed by atoms with Crippen LogP contribution in [0.1, 0.15) is 0 Å². The molecule has 1 heterocycles. The number of nitrogens with zero attached hydrogens (tertiary/aromatic N) is 3. The Morgan fingerprint density at radius 3 is 2.11 bits per heavy atom. The van der Waals surface area contributed by atoms with Gasteiger partial charge >= 0.3 is 5.69 Å². The molecule has 3 rings (SSSR count). The molecule has 138 valence electrons. The third-order valence-electron chi connectivity index (χ3n) is 3.54. The normalized spacial score (nSPS) is 10.3. The van der Waals surface area contributed by atoms with Crippen LogP contribution in [0.2, 0.25) is 0 Å². The predicted molar refractivity (Wildman–Crippen MR) is 94.6 cm³/mol. The number of halogens is 2. The van der Waals surface area contributed by atoms with Crippen LogP contribution in [0.5, 0.6) is 5.75 Å². The van der Waals surface area contributed by atoms with Gasteiger partial charge in [-0.1, -0.05) is 0 Å². The van der Waals surface area contributed by atoms with E-state index in [1.54, 1.807) is 24.3 Å². The third-order valence-corrected chi connectivity index (χ3v) is 3.54. The molecular formula is C17H13F2N5O3. The van der Waals surface area contributed by atoms with Gasteiger partial charge in [-0.25, -0.2) is 18.7 Å². The summed E-state index contributed by atoms with van der Waals surface area (Å²) in [7, 11) is 1.52. The molecule has 0 aliphatic heterocycles. The molecule has 0 atom stereocenters. The number of rotatable bonds is 6. The van der Waals surface area contributed by atoms with E-state index in [-0.39, 0.29) is 17.3 Å². The lowest BCUT2D eigenvalue weighted by Crippen LogP contribution is -2.05. The third kappa shape index (κ3) is 4.06. The Hall–Kier alpha value is -3.82. The van der Waals surface area contributed by atoms with Crippen molar-refractivity contribution >= 4 is 28.7 Å². The van der Waals surface area contributed by atoms with Crippen LogP contribution in [0.4, 0.5) is 37.5 Å². The van der Waals surface area contributed by atoms with Gasteiger partial charge in [-0.15, -0.1) is 0 Å². The van der Waals surface area contributed by atoms with Crippen LogP contribution in [-0.2, 0) is 0 Å². The van der Waals surface area contributed by atoms with Gasteiger partial charge in [-0.2, -0.15) is 0 Å². The quantitative estimate of drug-likeness (QED) is 0.494. The topological polar surface area (TPSA) is 102 Å². The molecule has 0 saturated heterocycles. The molecule has 1 aromatic heterocycles. The fourth-order valence-corrected chi connectivity index (χ4v) is 2.26. The zero-order chi connectivity index (χ0) is 19.4. The second-order valence-electron chi connectivity index (χ2n) is 5.28. The standard InChI is InChI=1S/C17H13F2N5O3/c1-27-12-5-2-10(3-6-12)22-16-15(24(25)26)17(21-9-20-16)23-11-4-7-13(18)14(19)8-11/h2-9H,1H3,(H2,20,21,22,23). The molecule has 8 nitrogen and oxygen atoms in total. The van der Waals surface area contributed by atoms with E-state index in [0.29, 0.717) is 11.4 Å². The number of ether oxygens (including phenoxy) is 1. The second-order valence-corrected chi connectivity index (χ2v) is 5.28. The van der Waals surface area contributed by atoms with Gasteiger partial charge in [0, 0.05) is 17.4 Å². The highest BCUT2D eigenvalue weighted by atomic mass is 19.2. The molecule has 0 aliphatic carbocycles. The summed E-state index contributed by atoms with van der Waals surface area (Å²) in [4.78, 5) is 18.6. The summed E-state index contributed by atoms with van der Waals surface area (Å²) in [5, 5.41) is 17.0. The minimum absolute atomic E-state index is 0.0646. The molecule has 2 N–H and O–H groups in total. The van der Waals surface area contributed by atoms with E-state index in [4.69, 9.17) is 4.74 Å². The second kappa shape index (κ2) is 7.60. The smallest absolute Gasteiger partial charge is 0.353 e. The van der Waals surface area contributed by atoms with Crippen molar-refractivity contribution in [2.24, 2.45) is 0 Å². The minimum atomic E-state index is -1.09. The highest BCUT2D eigenvalue weighted by molar-refractivity contribution is 5.76. The van der Waals surface area contributed by atoms with E-state index in [1.807, 2.05) is 0 Å². The number of nitrogens with one attached hydrogen (secondary N) is 2. The number of anilines is 4. The molecule has 0 fully saturated rings. The van der Waals surface area contributed by atoms with Gasteiger partial charge in [0.2, 0.25) is 11.6 Å². The number of nitro groups is 1. The van der Waals surface area contributed by atoms with Crippen LogP contribution in [0, 0.1) is 21.7 Å². The van der Waals surface area contributed by atoms with Crippen molar-refractivity contribution in [1.29, 1.82) is 0 Å². The van der Waals surface area contributed by atoms with Gasteiger partial charge in [0.1, 0.15) is 12.1 Å². The molecular weight excluding hydrogens is 360 g/mol. The van der Waals surface area contributed by atoms with Crippen LogP contribution >= 0.6 is 0 Å². The van der Waals surface area contributed by atoms with E-state index >= 15 is 0 Å². The van der Waals surface area contributed by atoms with Gasteiger partial charge in [-0.3, -0.25) is 10.1 Å².